The Morgan fingerprint density at radius 3 is 2.62 bits per heavy atom. The number of ketones is 1. The van der Waals surface area contributed by atoms with Crippen LogP contribution in [0, 0.1) is 5.92 Å². The molecule has 1 nitrogen and oxygen atoms in total. The maximum atomic E-state index is 11.6. The predicted molar refractivity (Wildman–Crippen MR) is 56.2 cm³/mol. The SMILES string of the molecule is O=C(c1cc(Cl)cc(Br)c1)C1CC1. The van der Waals surface area contributed by atoms with E-state index in [1.54, 1.807) is 12.1 Å². The second-order valence-corrected chi connectivity index (χ2v) is 4.65. The average molecular weight is 260 g/mol. The van der Waals surface area contributed by atoms with Gasteiger partial charge in [0.1, 0.15) is 0 Å². The van der Waals surface area contributed by atoms with Crippen LogP contribution in [0.2, 0.25) is 5.02 Å². The fourth-order valence-electron chi connectivity index (χ4n) is 1.28. The van der Waals surface area contributed by atoms with Crippen molar-refractivity contribution in [3.8, 4) is 0 Å². The van der Waals surface area contributed by atoms with Gasteiger partial charge in [0.2, 0.25) is 0 Å². The molecular weight excluding hydrogens is 251 g/mol. The molecule has 1 aliphatic rings. The molecule has 1 aromatic carbocycles. The van der Waals surface area contributed by atoms with Crippen LogP contribution in [-0.4, -0.2) is 5.78 Å². The standard InChI is InChI=1S/C10H8BrClO/c11-8-3-7(4-9(12)5-8)10(13)6-1-2-6/h3-6H,1-2H2. The highest BCUT2D eigenvalue weighted by molar-refractivity contribution is 9.10. The van der Waals surface area contributed by atoms with Crippen LogP contribution < -0.4 is 0 Å². The van der Waals surface area contributed by atoms with E-state index in [0.717, 1.165) is 22.9 Å². The molecule has 0 unspecified atom stereocenters. The average Bonchev–Trinajstić information content (AvgIpc) is 2.83. The fourth-order valence-corrected chi connectivity index (χ4v) is 2.14. The molecule has 1 saturated carbocycles. The molecular formula is C10H8BrClO. The van der Waals surface area contributed by atoms with Crippen LogP contribution in [0.15, 0.2) is 22.7 Å². The van der Waals surface area contributed by atoms with Crippen molar-refractivity contribution in [2.24, 2.45) is 5.92 Å². The fraction of sp³-hybridized carbons (Fsp3) is 0.300. The Balaban J connectivity index is 2.33. The molecule has 0 aromatic heterocycles. The summed E-state index contributed by atoms with van der Waals surface area (Å²) >= 11 is 9.15. The molecule has 68 valence electrons. The maximum absolute atomic E-state index is 11.6. The molecule has 0 spiro atoms. The van der Waals surface area contributed by atoms with Crippen LogP contribution in [0.3, 0.4) is 0 Å². The molecule has 0 N–H and O–H groups in total. The summed E-state index contributed by atoms with van der Waals surface area (Å²) in [5, 5.41) is 0.610. The summed E-state index contributed by atoms with van der Waals surface area (Å²) in [6.45, 7) is 0. The predicted octanol–water partition coefficient (Wildman–Crippen LogP) is 3.70. The van der Waals surface area contributed by atoms with Crippen molar-refractivity contribution >= 4 is 33.3 Å². The highest BCUT2D eigenvalue weighted by Crippen LogP contribution is 2.33. The van der Waals surface area contributed by atoms with Crippen LogP contribution in [0.4, 0.5) is 0 Å². The summed E-state index contributed by atoms with van der Waals surface area (Å²) in [5.41, 5.74) is 0.724. The van der Waals surface area contributed by atoms with Gasteiger partial charge in [-0.25, -0.2) is 0 Å². The number of hydrogen-bond acceptors (Lipinski definition) is 1. The Morgan fingerprint density at radius 2 is 2.08 bits per heavy atom. The van der Waals surface area contributed by atoms with Gasteiger partial charge < -0.3 is 0 Å². The van der Waals surface area contributed by atoms with E-state index in [0.29, 0.717) is 5.02 Å². The van der Waals surface area contributed by atoms with Crippen LogP contribution in [0.1, 0.15) is 23.2 Å². The molecule has 1 aromatic rings. The topological polar surface area (TPSA) is 17.1 Å². The minimum absolute atomic E-state index is 0.225. The van der Waals surface area contributed by atoms with Gasteiger partial charge in [0, 0.05) is 21.0 Å². The molecule has 0 heterocycles. The number of carbonyl (C=O) groups excluding carboxylic acids is 1. The van der Waals surface area contributed by atoms with E-state index in [4.69, 9.17) is 11.6 Å². The molecule has 0 saturated heterocycles. The van der Waals surface area contributed by atoms with Gasteiger partial charge >= 0.3 is 0 Å². The Hall–Kier alpha value is -0.340. The van der Waals surface area contributed by atoms with Crippen molar-refractivity contribution in [3.63, 3.8) is 0 Å². The van der Waals surface area contributed by atoms with Gasteiger partial charge in [0.05, 0.1) is 0 Å². The third-order valence-corrected chi connectivity index (χ3v) is 2.77. The van der Waals surface area contributed by atoms with E-state index in [2.05, 4.69) is 15.9 Å². The quantitative estimate of drug-likeness (QED) is 0.740. The van der Waals surface area contributed by atoms with Crippen molar-refractivity contribution in [1.82, 2.24) is 0 Å². The van der Waals surface area contributed by atoms with E-state index in [-0.39, 0.29) is 11.7 Å². The van der Waals surface area contributed by atoms with Gasteiger partial charge in [-0.3, -0.25) is 4.79 Å². The molecule has 0 bridgehead atoms. The summed E-state index contributed by atoms with van der Waals surface area (Å²) in [5.74, 6) is 0.480. The van der Waals surface area contributed by atoms with E-state index in [9.17, 15) is 4.79 Å². The van der Waals surface area contributed by atoms with Gasteiger partial charge in [-0.2, -0.15) is 0 Å². The summed E-state index contributed by atoms with van der Waals surface area (Å²) in [6.07, 6.45) is 2.06. The van der Waals surface area contributed by atoms with Gasteiger partial charge in [-0.05, 0) is 31.0 Å². The van der Waals surface area contributed by atoms with E-state index < -0.39 is 0 Å². The highest BCUT2D eigenvalue weighted by Gasteiger charge is 2.30. The van der Waals surface area contributed by atoms with Crippen LogP contribution in [-0.2, 0) is 0 Å². The summed E-state index contributed by atoms with van der Waals surface area (Å²) in [7, 11) is 0. The van der Waals surface area contributed by atoms with Crippen molar-refractivity contribution in [2.45, 2.75) is 12.8 Å². The van der Waals surface area contributed by atoms with Crippen molar-refractivity contribution in [1.29, 1.82) is 0 Å². The Labute approximate surface area is 90.2 Å². The lowest BCUT2D eigenvalue weighted by Gasteiger charge is -2.00. The molecule has 0 aliphatic heterocycles. The zero-order valence-electron chi connectivity index (χ0n) is 6.89. The number of Topliss-reactive ketones (excluding diaryl/α,β-unsaturated/α-hetero) is 1. The second-order valence-electron chi connectivity index (χ2n) is 3.30. The zero-order valence-corrected chi connectivity index (χ0v) is 9.23. The third-order valence-electron chi connectivity index (χ3n) is 2.10. The smallest absolute Gasteiger partial charge is 0.166 e. The molecule has 3 heteroatoms. The molecule has 13 heavy (non-hydrogen) atoms. The lowest BCUT2D eigenvalue weighted by molar-refractivity contribution is 0.0967. The van der Waals surface area contributed by atoms with Gasteiger partial charge in [-0.1, -0.05) is 27.5 Å². The van der Waals surface area contributed by atoms with Crippen LogP contribution >= 0.6 is 27.5 Å². The Kier molecular flexibility index (Phi) is 2.43. The molecule has 0 atom stereocenters. The van der Waals surface area contributed by atoms with Crippen molar-refractivity contribution < 1.29 is 4.79 Å². The molecule has 0 radical (unpaired) electrons. The summed E-state index contributed by atoms with van der Waals surface area (Å²) in [4.78, 5) is 11.6. The number of benzene rings is 1. The van der Waals surface area contributed by atoms with Crippen LogP contribution in [0.5, 0.6) is 0 Å². The number of hydrogen-bond donors (Lipinski definition) is 0. The third kappa shape index (κ3) is 2.12. The first-order valence-electron chi connectivity index (χ1n) is 4.17. The van der Waals surface area contributed by atoms with Gasteiger partial charge in [-0.15, -0.1) is 0 Å². The zero-order chi connectivity index (χ0) is 9.42. The molecule has 0 amide bonds. The number of halogens is 2. The minimum Gasteiger partial charge on any atom is -0.294 e. The van der Waals surface area contributed by atoms with E-state index >= 15 is 0 Å². The minimum atomic E-state index is 0.225. The van der Waals surface area contributed by atoms with Crippen LogP contribution in [0.25, 0.3) is 0 Å². The lowest BCUT2D eigenvalue weighted by atomic mass is 10.1. The second kappa shape index (κ2) is 3.43. The molecule has 1 fully saturated rings. The van der Waals surface area contributed by atoms with E-state index in [1.807, 2.05) is 6.07 Å². The first-order chi connectivity index (χ1) is 6.16. The van der Waals surface area contributed by atoms with Gasteiger partial charge in [0.15, 0.2) is 5.78 Å². The normalized spacial score (nSPS) is 15.8. The first-order valence-corrected chi connectivity index (χ1v) is 5.34. The van der Waals surface area contributed by atoms with E-state index in [1.165, 1.54) is 0 Å². The Bertz CT molecular complexity index is 338. The highest BCUT2D eigenvalue weighted by atomic mass is 79.9. The number of rotatable bonds is 2. The lowest BCUT2D eigenvalue weighted by Crippen LogP contribution is -2.00. The summed E-state index contributed by atoms with van der Waals surface area (Å²) < 4.78 is 0.865. The monoisotopic (exact) mass is 258 g/mol. The summed E-state index contributed by atoms with van der Waals surface area (Å²) in [6, 6.07) is 5.34. The molecule has 1 aliphatic carbocycles. The van der Waals surface area contributed by atoms with Crippen molar-refractivity contribution in [3.05, 3.63) is 33.3 Å². The largest absolute Gasteiger partial charge is 0.294 e. The van der Waals surface area contributed by atoms with Gasteiger partial charge in [0.25, 0.3) is 0 Å². The Morgan fingerprint density at radius 1 is 1.38 bits per heavy atom. The van der Waals surface area contributed by atoms with Crippen molar-refractivity contribution in [2.75, 3.05) is 0 Å². The number of carbonyl (C=O) groups is 1. The first kappa shape index (κ1) is 9.22. The maximum Gasteiger partial charge on any atom is 0.166 e. The molecule has 2 rings (SSSR count).